The molecule has 0 bridgehead atoms. The molecule has 202 valence electrons. The highest BCUT2D eigenvalue weighted by Gasteiger charge is 2.30. The molecule has 0 saturated heterocycles. The third-order valence-electron chi connectivity index (χ3n) is 6.42. The molecule has 38 heavy (non-hydrogen) atoms. The predicted octanol–water partition coefficient (Wildman–Crippen LogP) is 5.85. The number of aryl methyl sites for hydroxylation is 1. The van der Waals surface area contributed by atoms with Crippen molar-refractivity contribution in [2.24, 2.45) is 0 Å². The van der Waals surface area contributed by atoms with Crippen LogP contribution in [-0.2, 0) is 29.0 Å². The van der Waals surface area contributed by atoms with E-state index in [2.05, 4.69) is 12.2 Å². The monoisotopic (exact) mass is 536 g/mol. The largest absolute Gasteiger partial charge is 0.493 e. The van der Waals surface area contributed by atoms with Gasteiger partial charge in [0.1, 0.15) is 6.04 Å². The quantitative estimate of drug-likeness (QED) is 0.263. The summed E-state index contributed by atoms with van der Waals surface area (Å²) < 4.78 is 10.7. The highest BCUT2D eigenvalue weighted by Crippen LogP contribution is 2.28. The second-order valence-electron chi connectivity index (χ2n) is 9.19. The zero-order valence-corrected chi connectivity index (χ0v) is 23.2. The Bertz CT molecular complexity index is 1190. The van der Waals surface area contributed by atoms with Gasteiger partial charge in [0.15, 0.2) is 11.5 Å². The van der Waals surface area contributed by atoms with Crippen molar-refractivity contribution in [3.8, 4) is 11.5 Å². The number of benzene rings is 3. The fourth-order valence-corrected chi connectivity index (χ4v) is 4.54. The molecule has 0 aromatic heterocycles. The van der Waals surface area contributed by atoms with Gasteiger partial charge in [0.05, 0.1) is 14.2 Å². The number of unbranched alkanes of at least 4 members (excludes halogenated alkanes) is 1. The van der Waals surface area contributed by atoms with Crippen LogP contribution in [0.4, 0.5) is 0 Å². The number of methoxy groups -OCH3 is 2. The first-order valence-electron chi connectivity index (χ1n) is 13.0. The number of rotatable bonds is 14. The average molecular weight is 537 g/mol. The van der Waals surface area contributed by atoms with Crippen LogP contribution in [0.15, 0.2) is 72.8 Å². The molecular weight excluding hydrogens is 500 g/mol. The Kier molecular flexibility index (Phi) is 11.5. The summed E-state index contributed by atoms with van der Waals surface area (Å²) in [6.45, 7) is 2.94. The van der Waals surface area contributed by atoms with E-state index in [0.29, 0.717) is 35.9 Å². The van der Waals surface area contributed by atoms with E-state index in [4.69, 9.17) is 21.1 Å². The van der Waals surface area contributed by atoms with Crippen molar-refractivity contribution in [3.05, 3.63) is 94.5 Å². The average Bonchev–Trinajstić information content (AvgIpc) is 2.94. The molecule has 0 unspecified atom stereocenters. The summed E-state index contributed by atoms with van der Waals surface area (Å²) in [5.74, 6) is 0.998. The molecule has 0 heterocycles. The number of carbonyl (C=O) groups excluding carboxylic acids is 2. The maximum absolute atomic E-state index is 13.8. The lowest BCUT2D eigenvalue weighted by molar-refractivity contribution is -0.141. The van der Waals surface area contributed by atoms with Gasteiger partial charge >= 0.3 is 0 Å². The minimum atomic E-state index is -0.661. The maximum atomic E-state index is 13.8. The van der Waals surface area contributed by atoms with E-state index in [1.807, 2.05) is 66.7 Å². The van der Waals surface area contributed by atoms with Gasteiger partial charge in [0.25, 0.3) is 0 Å². The zero-order valence-electron chi connectivity index (χ0n) is 22.4. The second kappa shape index (κ2) is 15.0. The Labute approximate surface area is 230 Å². The van der Waals surface area contributed by atoms with Crippen molar-refractivity contribution < 1.29 is 19.1 Å². The Morgan fingerprint density at radius 1 is 0.895 bits per heavy atom. The van der Waals surface area contributed by atoms with Crippen LogP contribution >= 0.6 is 11.6 Å². The normalized spacial score (nSPS) is 11.5. The first kappa shape index (κ1) is 29.1. The van der Waals surface area contributed by atoms with Crippen LogP contribution in [0, 0.1) is 0 Å². The van der Waals surface area contributed by atoms with Gasteiger partial charge in [-0.1, -0.05) is 73.5 Å². The van der Waals surface area contributed by atoms with Gasteiger partial charge in [0, 0.05) is 31.0 Å². The molecule has 3 rings (SSSR count). The van der Waals surface area contributed by atoms with E-state index >= 15 is 0 Å². The molecule has 0 aliphatic heterocycles. The maximum Gasteiger partial charge on any atom is 0.243 e. The summed E-state index contributed by atoms with van der Waals surface area (Å²) in [5.41, 5.74) is 2.81. The van der Waals surface area contributed by atoms with Gasteiger partial charge in [-0.3, -0.25) is 9.59 Å². The van der Waals surface area contributed by atoms with E-state index in [1.165, 1.54) is 0 Å². The molecule has 0 spiro atoms. The summed E-state index contributed by atoms with van der Waals surface area (Å²) in [6, 6.07) is 22.2. The number of hydrogen-bond donors (Lipinski definition) is 1. The van der Waals surface area contributed by atoms with Gasteiger partial charge in [-0.05, 0) is 53.8 Å². The molecule has 0 radical (unpaired) electrons. The van der Waals surface area contributed by atoms with E-state index < -0.39 is 6.04 Å². The number of nitrogens with zero attached hydrogens (tertiary/aromatic N) is 1. The summed E-state index contributed by atoms with van der Waals surface area (Å²) in [4.78, 5) is 29.0. The Hall–Kier alpha value is -3.51. The summed E-state index contributed by atoms with van der Waals surface area (Å²) >= 11 is 6.25. The van der Waals surface area contributed by atoms with Crippen LogP contribution in [0.5, 0.6) is 11.5 Å². The van der Waals surface area contributed by atoms with E-state index in [1.54, 1.807) is 25.2 Å². The highest BCUT2D eigenvalue weighted by atomic mass is 35.5. The van der Waals surface area contributed by atoms with Gasteiger partial charge in [0.2, 0.25) is 11.8 Å². The lowest BCUT2D eigenvalue weighted by Gasteiger charge is -2.32. The minimum Gasteiger partial charge on any atom is -0.493 e. The van der Waals surface area contributed by atoms with Crippen molar-refractivity contribution >= 4 is 23.4 Å². The standard InChI is InChI=1S/C31H37ClN2O4/c1-4-5-18-33-31(36)27(20-23-10-7-6-8-11-23)34(22-25-12-9-13-26(32)19-25)30(35)17-15-24-14-16-28(37-2)29(21-24)38-3/h6-14,16,19,21,27H,4-5,15,17-18,20,22H2,1-3H3,(H,33,36)/t27-/m0/s1. The van der Waals surface area contributed by atoms with Crippen LogP contribution in [0.25, 0.3) is 0 Å². The molecule has 3 aromatic carbocycles. The van der Waals surface area contributed by atoms with Gasteiger partial charge in [-0.25, -0.2) is 0 Å². The lowest BCUT2D eigenvalue weighted by Crippen LogP contribution is -2.50. The molecule has 1 N–H and O–H groups in total. The van der Waals surface area contributed by atoms with E-state index in [9.17, 15) is 9.59 Å². The predicted molar refractivity (Wildman–Crippen MR) is 152 cm³/mol. The van der Waals surface area contributed by atoms with Crippen LogP contribution in [0.1, 0.15) is 42.9 Å². The van der Waals surface area contributed by atoms with Gasteiger partial charge in [-0.15, -0.1) is 0 Å². The third kappa shape index (κ3) is 8.52. The fourth-order valence-electron chi connectivity index (χ4n) is 4.32. The summed E-state index contributed by atoms with van der Waals surface area (Å²) in [6.07, 6.45) is 3.01. The topological polar surface area (TPSA) is 67.9 Å². The number of nitrogens with one attached hydrogen (secondary N) is 1. The number of carbonyl (C=O) groups is 2. The Balaban J connectivity index is 1.89. The Morgan fingerprint density at radius 3 is 2.32 bits per heavy atom. The highest BCUT2D eigenvalue weighted by molar-refractivity contribution is 6.30. The molecule has 0 aliphatic rings. The zero-order chi connectivity index (χ0) is 27.3. The third-order valence-corrected chi connectivity index (χ3v) is 6.65. The lowest BCUT2D eigenvalue weighted by atomic mass is 10.0. The van der Waals surface area contributed by atoms with Crippen molar-refractivity contribution in [3.63, 3.8) is 0 Å². The van der Waals surface area contributed by atoms with Crippen LogP contribution < -0.4 is 14.8 Å². The molecule has 6 nitrogen and oxygen atoms in total. The molecule has 0 aliphatic carbocycles. The number of halogens is 1. The summed E-state index contributed by atoms with van der Waals surface area (Å²) in [7, 11) is 3.18. The number of hydrogen-bond acceptors (Lipinski definition) is 4. The van der Waals surface area contributed by atoms with Crippen molar-refractivity contribution in [2.45, 2.75) is 51.6 Å². The number of ether oxygens (including phenoxy) is 2. The molecule has 1 atom stereocenters. The van der Waals surface area contributed by atoms with E-state index in [0.717, 1.165) is 29.5 Å². The van der Waals surface area contributed by atoms with Crippen molar-refractivity contribution in [2.75, 3.05) is 20.8 Å². The van der Waals surface area contributed by atoms with E-state index in [-0.39, 0.29) is 24.8 Å². The SMILES string of the molecule is CCCCNC(=O)[C@H](Cc1ccccc1)N(Cc1cccc(Cl)c1)C(=O)CCc1ccc(OC)c(OC)c1. The van der Waals surface area contributed by atoms with Crippen molar-refractivity contribution in [1.29, 1.82) is 0 Å². The first-order valence-corrected chi connectivity index (χ1v) is 13.4. The molecular formula is C31H37ClN2O4. The van der Waals surface area contributed by atoms with Crippen molar-refractivity contribution in [1.82, 2.24) is 10.2 Å². The smallest absolute Gasteiger partial charge is 0.243 e. The van der Waals surface area contributed by atoms with Gasteiger partial charge < -0.3 is 19.7 Å². The minimum absolute atomic E-state index is 0.105. The van der Waals surface area contributed by atoms with Gasteiger partial charge in [-0.2, -0.15) is 0 Å². The fraction of sp³-hybridized carbons (Fsp3) is 0.355. The molecule has 0 fully saturated rings. The summed E-state index contributed by atoms with van der Waals surface area (Å²) in [5, 5.41) is 3.64. The molecule has 7 heteroatoms. The Morgan fingerprint density at radius 2 is 1.63 bits per heavy atom. The second-order valence-corrected chi connectivity index (χ2v) is 9.63. The van der Waals surface area contributed by atoms with Crippen LogP contribution in [0.3, 0.4) is 0 Å². The van der Waals surface area contributed by atoms with Crippen LogP contribution in [-0.4, -0.2) is 43.5 Å². The number of amides is 2. The molecule has 2 amide bonds. The van der Waals surface area contributed by atoms with Crippen LogP contribution in [0.2, 0.25) is 5.02 Å². The molecule has 3 aromatic rings. The first-order chi connectivity index (χ1) is 18.4. The molecule has 0 saturated carbocycles.